The van der Waals surface area contributed by atoms with Crippen molar-refractivity contribution < 1.29 is 5.11 Å². The predicted molar refractivity (Wildman–Crippen MR) is 88.5 cm³/mol. The molecule has 0 bridgehead atoms. The first-order chi connectivity index (χ1) is 11.8. The van der Waals surface area contributed by atoms with Gasteiger partial charge in [0.2, 0.25) is 5.82 Å². The molecule has 132 valence electrons. The van der Waals surface area contributed by atoms with Crippen LogP contribution in [0, 0.1) is 0 Å². The van der Waals surface area contributed by atoms with Crippen LogP contribution in [0.2, 0.25) is 0 Å². The lowest BCUT2D eigenvalue weighted by atomic mass is 9.79. The van der Waals surface area contributed by atoms with Gasteiger partial charge in [0, 0.05) is 12.1 Å². The summed E-state index contributed by atoms with van der Waals surface area (Å²) in [4.78, 5) is 0. The Morgan fingerprint density at radius 3 is 2.62 bits per heavy atom. The van der Waals surface area contributed by atoms with Crippen LogP contribution in [0.5, 0.6) is 0 Å². The number of aromatic nitrogens is 7. The number of hydrogen-bond acceptors (Lipinski definition) is 6. The molecule has 1 fully saturated rings. The number of aromatic amines is 1. The maximum Gasteiger partial charge on any atom is 0.205 e. The summed E-state index contributed by atoms with van der Waals surface area (Å²) in [5, 5.41) is 33.7. The van der Waals surface area contributed by atoms with E-state index < -0.39 is 11.6 Å². The second-order valence-corrected chi connectivity index (χ2v) is 6.87. The van der Waals surface area contributed by atoms with Gasteiger partial charge >= 0.3 is 0 Å². The molecule has 1 saturated carbocycles. The average Bonchev–Trinajstić information content (AvgIpc) is 3.25. The second kappa shape index (κ2) is 8.02. The third-order valence-corrected chi connectivity index (χ3v) is 5.17. The van der Waals surface area contributed by atoms with Crippen LogP contribution in [0.25, 0.3) is 0 Å². The third-order valence-electron chi connectivity index (χ3n) is 4.90. The molecule has 0 spiro atoms. The lowest BCUT2D eigenvalue weighted by molar-refractivity contribution is -0.00408. The maximum absolute atomic E-state index is 11.0. The molecule has 0 radical (unpaired) electrons. The summed E-state index contributed by atoms with van der Waals surface area (Å²) in [6, 6.07) is 0. The number of nitrogens with zero attached hydrogens (tertiary/aromatic N) is 6. The molecule has 1 atom stereocenters. The van der Waals surface area contributed by atoms with Gasteiger partial charge < -0.3 is 5.11 Å². The minimum Gasteiger partial charge on any atom is -0.382 e. The van der Waals surface area contributed by atoms with E-state index in [1.54, 1.807) is 0 Å². The molecule has 2 aromatic rings. The standard InChI is InChI=1S/C15H24ClN7O/c16-10-6-7-12-11-23(22-17-12)15(8-4-2-1-3-5-9-15)13(24)14-18-20-21-19-14/h11,13,24H,1-10H2,(H,18,19,20,21). The molecule has 8 nitrogen and oxygen atoms in total. The summed E-state index contributed by atoms with van der Waals surface area (Å²) >= 11 is 5.77. The molecule has 24 heavy (non-hydrogen) atoms. The number of tetrazole rings is 1. The van der Waals surface area contributed by atoms with E-state index in [4.69, 9.17) is 11.6 Å². The number of nitrogens with one attached hydrogen (secondary N) is 1. The van der Waals surface area contributed by atoms with Crippen LogP contribution in [0.1, 0.15) is 69.0 Å². The van der Waals surface area contributed by atoms with E-state index in [-0.39, 0.29) is 0 Å². The monoisotopic (exact) mass is 353 g/mol. The average molecular weight is 354 g/mol. The number of halogens is 1. The van der Waals surface area contributed by atoms with Gasteiger partial charge in [-0.1, -0.05) is 42.5 Å². The molecule has 0 amide bonds. The van der Waals surface area contributed by atoms with Crippen molar-refractivity contribution in [3.8, 4) is 0 Å². The number of alkyl halides is 1. The predicted octanol–water partition coefficient (Wildman–Crippen LogP) is 2.14. The summed E-state index contributed by atoms with van der Waals surface area (Å²) < 4.78 is 1.84. The summed E-state index contributed by atoms with van der Waals surface area (Å²) in [5.41, 5.74) is 0.327. The Kier molecular flexibility index (Phi) is 5.78. The van der Waals surface area contributed by atoms with E-state index in [0.717, 1.165) is 57.1 Å². The van der Waals surface area contributed by atoms with E-state index >= 15 is 0 Å². The fourth-order valence-corrected chi connectivity index (χ4v) is 3.68. The topological polar surface area (TPSA) is 105 Å². The van der Waals surface area contributed by atoms with Gasteiger partial charge in [-0.25, -0.2) is 4.68 Å². The molecule has 2 N–H and O–H groups in total. The quantitative estimate of drug-likeness (QED) is 0.771. The van der Waals surface area contributed by atoms with E-state index in [1.165, 1.54) is 6.42 Å². The van der Waals surface area contributed by atoms with Crippen molar-refractivity contribution in [3.05, 3.63) is 17.7 Å². The lowest BCUT2D eigenvalue weighted by Crippen LogP contribution is -2.41. The van der Waals surface area contributed by atoms with Crippen LogP contribution in [-0.2, 0) is 12.0 Å². The van der Waals surface area contributed by atoms with Crippen molar-refractivity contribution >= 4 is 11.6 Å². The van der Waals surface area contributed by atoms with Crippen LogP contribution in [-0.4, -0.2) is 46.6 Å². The van der Waals surface area contributed by atoms with E-state index in [0.29, 0.717) is 11.7 Å². The second-order valence-electron chi connectivity index (χ2n) is 6.49. The highest BCUT2D eigenvalue weighted by Crippen LogP contribution is 2.41. The van der Waals surface area contributed by atoms with Gasteiger partial charge in [-0.05, 0) is 25.7 Å². The number of rotatable bonds is 6. The number of H-pyrrole nitrogens is 1. The minimum atomic E-state index is -0.864. The van der Waals surface area contributed by atoms with Crippen LogP contribution in [0.15, 0.2) is 6.20 Å². The Labute approximate surface area is 146 Å². The Hall–Kier alpha value is -1.54. The van der Waals surface area contributed by atoms with E-state index in [1.807, 2.05) is 10.9 Å². The molecule has 0 aliphatic heterocycles. The molecule has 2 heterocycles. The molecule has 0 saturated heterocycles. The third kappa shape index (κ3) is 3.59. The van der Waals surface area contributed by atoms with Crippen molar-refractivity contribution in [3.63, 3.8) is 0 Å². The SMILES string of the molecule is OC(c1nn[nH]n1)C1(n2cc(CCCCl)nn2)CCCCCCC1. The van der Waals surface area contributed by atoms with Crippen LogP contribution in [0.4, 0.5) is 0 Å². The molecular formula is C15H24ClN7O. The van der Waals surface area contributed by atoms with Crippen molar-refractivity contribution in [2.24, 2.45) is 0 Å². The van der Waals surface area contributed by atoms with Gasteiger partial charge in [0.05, 0.1) is 11.2 Å². The van der Waals surface area contributed by atoms with Crippen molar-refractivity contribution in [1.29, 1.82) is 0 Å². The maximum atomic E-state index is 11.0. The fraction of sp³-hybridized carbons (Fsp3) is 0.800. The smallest absolute Gasteiger partial charge is 0.205 e. The fourth-order valence-electron chi connectivity index (χ4n) is 3.55. The summed E-state index contributed by atoms with van der Waals surface area (Å²) in [7, 11) is 0. The number of aliphatic hydroxyl groups excluding tert-OH is 1. The van der Waals surface area contributed by atoms with Crippen molar-refractivity contribution in [2.75, 3.05) is 5.88 Å². The Morgan fingerprint density at radius 2 is 1.96 bits per heavy atom. The minimum absolute atomic E-state index is 0.313. The normalized spacial score (nSPS) is 19.6. The van der Waals surface area contributed by atoms with Gasteiger partial charge in [-0.2, -0.15) is 5.21 Å². The number of hydrogen-bond donors (Lipinski definition) is 2. The van der Waals surface area contributed by atoms with Gasteiger partial charge in [0.25, 0.3) is 0 Å². The summed E-state index contributed by atoms with van der Waals surface area (Å²) in [5.74, 6) is 0.914. The summed E-state index contributed by atoms with van der Waals surface area (Å²) in [6.45, 7) is 0. The zero-order chi connectivity index (χ0) is 16.8. The van der Waals surface area contributed by atoms with Gasteiger partial charge in [0.1, 0.15) is 6.10 Å². The van der Waals surface area contributed by atoms with E-state index in [2.05, 4.69) is 30.9 Å². The molecule has 2 aromatic heterocycles. The highest BCUT2D eigenvalue weighted by Gasteiger charge is 2.43. The molecule has 1 aliphatic carbocycles. The van der Waals surface area contributed by atoms with Gasteiger partial charge in [-0.3, -0.25) is 0 Å². The Bertz CT molecular complexity index is 607. The molecule has 3 rings (SSSR count). The lowest BCUT2D eigenvalue weighted by Gasteiger charge is -2.38. The zero-order valence-electron chi connectivity index (χ0n) is 13.7. The first-order valence-corrected chi connectivity index (χ1v) is 9.19. The van der Waals surface area contributed by atoms with Crippen LogP contribution < -0.4 is 0 Å². The van der Waals surface area contributed by atoms with Crippen LogP contribution >= 0.6 is 11.6 Å². The summed E-state index contributed by atoms with van der Waals surface area (Å²) in [6.07, 6.45) is 10.0. The highest BCUT2D eigenvalue weighted by atomic mass is 35.5. The molecule has 1 unspecified atom stereocenters. The Balaban J connectivity index is 1.92. The number of aliphatic hydroxyl groups is 1. The molecule has 9 heteroatoms. The Morgan fingerprint density at radius 1 is 1.21 bits per heavy atom. The first kappa shape index (κ1) is 17.3. The van der Waals surface area contributed by atoms with Crippen molar-refractivity contribution in [1.82, 2.24) is 35.6 Å². The van der Waals surface area contributed by atoms with Crippen LogP contribution in [0.3, 0.4) is 0 Å². The largest absolute Gasteiger partial charge is 0.382 e. The van der Waals surface area contributed by atoms with Crippen molar-refractivity contribution in [2.45, 2.75) is 69.4 Å². The molecular weight excluding hydrogens is 330 g/mol. The molecule has 1 aliphatic rings. The van der Waals surface area contributed by atoms with Gasteiger partial charge in [-0.15, -0.1) is 26.9 Å². The zero-order valence-corrected chi connectivity index (χ0v) is 14.5. The number of aryl methyl sites for hydroxylation is 1. The molecule has 0 aromatic carbocycles. The first-order valence-electron chi connectivity index (χ1n) is 8.65. The highest BCUT2D eigenvalue weighted by molar-refractivity contribution is 6.17. The van der Waals surface area contributed by atoms with E-state index in [9.17, 15) is 5.11 Å². The van der Waals surface area contributed by atoms with Gasteiger partial charge in [0.15, 0.2) is 0 Å².